The van der Waals surface area contributed by atoms with Crippen molar-refractivity contribution < 1.29 is 55.6 Å². The van der Waals surface area contributed by atoms with Crippen LogP contribution in [0.15, 0.2) is 97.1 Å². The minimum absolute atomic E-state index is 0.00325. The van der Waals surface area contributed by atoms with Crippen molar-refractivity contribution in [2.45, 2.75) is 12.4 Å². The van der Waals surface area contributed by atoms with Gasteiger partial charge in [-0.1, -0.05) is 36.4 Å². The molecule has 0 aromatic heterocycles. The average Bonchev–Trinajstić information content (AvgIpc) is 3.01. The molecule has 0 radical (unpaired) electrons. The van der Waals surface area contributed by atoms with E-state index in [9.17, 15) is 35.9 Å². The smallest absolute Gasteiger partial charge is 0.416 e. The first-order valence-corrected chi connectivity index (χ1v) is 13.4. The lowest BCUT2D eigenvalue weighted by molar-refractivity contribution is -0.138. The number of carboxylic acid groups (broad SMARTS) is 1. The highest BCUT2D eigenvalue weighted by atomic mass is 19.4. The molecule has 0 atom stereocenters. The number of carbonyl (C=O) groups excluding carboxylic acids is 1. The molecule has 8 nitrogen and oxygen atoms in total. The molecule has 46 heavy (non-hydrogen) atoms. The highest BCUT2D eigenvalue weighted by molar-refractivity contribution is 5.96. The molecule has 0 saturated carbocycles. The molecular weight excluding hydrogens is 622 g/mol. The van der Waals surface area contributed by atoms with E-state index < -0.39 is 35.4 Å². The Labute approximate surface area is 259 Å². The van der Waals surface area contributed by atoms with Gasteiger partial charge in [0.1, 0.15) is 6.61 Å². The summed E-state index contributed by atoms with van der Waals surface area (Å²) in [6.07, 6.45) is -8.89. The number of para-hydroxylation sites is 2. The van der Waals surface area contributed by atoms with Crippen molar-refractivity contribution in [1.29, 1.82) is 0 Å². The molecule has 4 rings (SSSR count). The summed E-state index contributed by atoms with van der Waals surface area (Å²) < 4.78 is 86.3. The molecule has 0 aliphatic carbocycles. The summed E-state index contributed by atoms with van der Waals surface area (Å²) in [7, 11) is 0. The van der Waals surface area contributed by atoms with Gasteiger partial charge in [-0.05, 0) is 60.7 Å². The molecule has 0 aliphatic rings. The minimum atomic E-state index is -4.45. The van der Waals surface area contributed by atoms with Gasteiger partial charge in [0.2, 0.25) is 0 Å². The summed E-state index contributed by atoms with van der Waals surface area (Å²) in [6, 6.07) is 21.6. The Bertz CT molecular complexity index is 1610. The molecular formula is C32H28F6N2O6. The van der Waals surface area contributed by atoms with Gasteiger partial charge in [-0.3, -0.25) is 0 Å². The van der Waals surface area contributed by atoms with Crippen LogP contribution in [0, 0.1) is 0 Å². The lowest BCUT2D eigenvalue weighted by atomic mass is 10.1. The van der Waals surface area contributed by atoms with Crippen molar-refractivity contribution in [3.8, 4) is 0 Å². The van der Waals surface area contributed by atoms with E-state index in [4.69, 9.17) is 19.7 Å². The van der Waals surface area contributed by atoms with Gasteiger partial charge in [0, 0.05) is 11.4 Å². The highest BCUT2D eigenvalue weighted by Gasteiger charge is 2.31. The summed E-state index contributed by atoms with van der Waals surface area (Å²) >= 11 is 0. The number of esters is 1. The van der Waals surface area contributed by atoms with Gasteiger partial charge in [-0.15, -0.1) is 0 Å². The van der Waals surface area contributed by atoms with E-state index >= 15 is 0 Å². The number of ether oxygens (including phenoxy) is 2. The minimum Gasteiger partial charge on any atom is -0.478 e. The quantitative estimate of drug-likeness (QED) is 0.0740. The van der Waals surface area contributed by atoms with Crippen LogP contribution in [0.1, 0.15) is 31.8 Å². The molecule has 0 unspecified atom stereocenters. The molecule has 4 aromatic rings. The number of rotatable bonds is 11. The van der Waals surface area contributed by atoms with Crippen LogP contribution in [0.3, 0.4) is 0 Å². The number of carbonyl (C=O) groups is 2. The highest BCUT2D eigenvalue weighted by Crippen LogP contribution is 2.33. The van der Waals surface area contributed by atoms with E-state index in [1.807, 2.05) is 0 Å². The van der Waals surface area contributed by atoms with Gasteiger partial charge in [-0.25, -0.2) is 9.59 Å². The van der Waals surface area contributed by atoms with Crippen molar-refractivity contribution in [3.63, 3.8) is 0 Å². The third kappa shape index (κ3) is 10.8. The fraction of sp³-hybridized carbons (Fsp3) is 0.188. The molecule has 0 fully saturated rings. The number of alkyl halides is 6. The van der Waals surface area contributed by atoms with Crippen LogP contribution in [0.25, 0.3) is 0 Å². The first kappa shape index (κ1) is 35.4. The predicted octanol–water partition coefficient (Wildman–Crippen LogP) is 7.76. The van der Waals surface area contributed by atoms with Crippen molar-refractivity contribution >= 4 is 34.7 Å². The van der Waals surface area contributed by atoms with E-state index in [2.05, 4.69) is 10.6 Å². The van der Waals surface area contributed by atoms with Crippen molar-refractivity contribution in [2.75, 3.05) is 37.1 Å². The molecule has 0 heterocycles. The van der Waals surface area contributed by atoms with Gasteiger partial charge < -0.3 is 30.3 Å². The molecule has 244 valence electrons. The van der Waals surface area contributed by atoms with Gasteiger partial charge in [0.05, 0.1) is 53.4 Å². The zero-order valence-corrected chi connectivity index (χ0v) is 23.9. The van der Waals surface area contributed by atoms with Gasteiger partial charge in [-0.2, -0.15) is 26.3 Å². The molecule has 0 amide bonds. The van der Waals surface area contributed by atoms with Crippen LogP contribution in [-0.2, 0) is 21.8 Å². The second kappa shape index (κ2) is 16.3. The summed E-state index contributed by atoms with van der Waals surface area (Å²) in [5.41, 5.74) is -0.469. The molecule has 4 N–H and O–H groups in total. The standard InChI is InChI=1S/C18H18F3NO4.C14H10F3NO2/c19-18(20,21)13-4-3-5-14(12-13)22-16-7-2-1-6-15(16)17(24)26-11-10-25-9-8-23;15-14(16,17)9-4-3-5-10(8-9)18-12-7-2-1-6-11(12)13(19)20/h1-7,12,22-23H,8-11H2;1-8,18H,(H,19,20). The first-order chi connectivity index (χ1) is 21.8. The zero-order chi connectivity index (χ0) is 33.7. The van der Waals surface area contributed by atoms with Crippen molar-refractivity contribution in [2.24, 2.45) is 0 Å². The van der Waals surface area contributed by atoms with Crippen LogP contribution in [0.4, 0.5) is 49.1 Å². The predicted molar refractivity (Wildman–Crippen MR) is 157 cm³/mol. The number of anilines is 4. The number of aromatic carboxylic acids is 1. The summed E-state index contributed by atoms with van der Waals surface area (Å²) in [6.45, 7) is 0.148. The summed E-state index contributed by atoms with van der Waals surface area (Å²) in [5, 5.41) is 23.1. The monoisotopic (exact) mass is 650 g/mol. The van der Waals surface area contributed by atoms with Crippen molar-refractivity contribution in [1.82, 2.24) is 0 Å². The number of aliphatic hydroxyl groups is 1. The SMILES string of the molecule is O=C(O)c1ccccc1Nc1cccc(C(F)(F)F)c1.O=C(OCCOCCO)c1ccccc1Nc1cccc(C(F)(F)F)c1. The number of aliphatic hydroxyl groups excluding tert-OH is 1. The van der Waals surface area contributed by atoms with Crippen LogP contribution in [0.2, 0.25) is 0 Å². The maximum atomic E-state index is 12.8. The molecule has 0 spiro atoms. The second-order valence-corrected chi connectivity index (χ2v) is 9.28. The zero-order valence-electron chi connectivity index (χ0n) is 23.9. The molecule has 4 aromatic carbocycles. The van der Waals surface area contributed by atoms with Gasteiger partial charge in [0.25, 0.3) is 0 Å². The fourth-order valence-electron chi connectivity index (χ4n) is 3.84. The van der Waals surface area contributed by atoms with Crippen LogP contribution < -0.4 is 10.6 Å². The van der Waals surface area contributed by atoms with E-state index in [1.165, 1.54) is 42.5 Å². The average molecular weight is 651 g/mol. The number of halogens is 6. The van der Waals surface area contributed by atoms with Crippen LogP contribution >= 0.6 is 0 Å². The number of hydrogen-bond donors (Lipinski definition) is 4. The number of hydrogen-bond acceptors (Lipinski definition) is 7. The van der Waals surface area contributed by atoms with E-state index in [1.54, 1.807) is 30.3 Å². The fourth-order valence-corrected chi connectivity index (χ4v) is 3.84. The Balaban J connectivity index is 0.000000259. The Hall–Kier alpha value is -5.08. The molecule has 0 aliphatic heterocycles. The van der Waals surface area contributed by atoms with Gasteiger partial charge >= 0.3 is 24.3 Å². The third-order valence-electron chi connectivity index (χ3n) is 5.94. The Morgan fingerprint density at radius 3 is 1.59 bits per heavy atom. The summed E-state index contributed by atoms with van der Waals surface area (Å²) in [4.78, 5) is 23.2. The van der Waals surface area contributed by atoms with E-state index in [0.29, 0.717) is 5.69 Å². The first-order valence-electron chi connectivity index (χ1n) is 13.4. The lowest BCUT2D eigenvalue weighted by Crippen LogP contribution is -2.13. The summed E-state index contributed by atoms with van der Waals surface area (Å²) in [5.74, 6) is -1.78. The lowest BCUT2D eigenvalue weighted by Gasteiger charge is -2.13. The topological polar surface area (TPSA) is 117 Å². The maximum absolute atomic E-state index is 12.8. The second-order valence-electron chi connectivity index (χ2n) is 9.28. The van der Waals surface area contributed by atoms with Crippen molar-refractivity contribution in [3.05, 3.63) is 119 Å². The Morgan fingerprint density at radius 1 is 0.630 bits per heavy atom. The van der Waals surface area contributed by atoms with Crippen LogP contribution in [0.5, 0.6) is 0 Å². The van der Waals surface area contributed by atoms with E-state index in [-0.39, 0.29) is 54.6 Å². The normalized spacial score (nSPS) is 11.2. The van der Waals surface area contributed by atoms with Crippen LogP contribution in [-0.4, -0.2) is 48.6 Å². The largest absolute Gasteiger partial charge is 0.478 e. The molecule has 0 saturated heterocycles. The maximum Gasteiger partial charge on any atom is 0.416 e. The molecule has 14 heteroatoms. The van der Waals surface area contributed by atoms with E-state index in [0.717, 1.165) is 24.3 Å². The molecule has 0 bridgehead atoms. The number of nitrogens with one attached hydrogen (secondary N) is 2. The Kier molecular flexibility index (Phi) is 12.5. The third-order valence-corrected chi connectivity index (χ3v) is 5.94. The van der Waals surface area contributed by atoms with Gasteiger partial charge in [0.15, 0.2) is 0 Å². The Morgan fingerprint density at radius 2 is 1.11 bits per heavy atom. The number of carboxylic acids is 1. The number of benzene rings is 4.